The number of hydrogen-bond acceptors (Lipinski definition) is 4. The number of aromatic amines is 1. The van der Waals surface area contributed by atoms with Gasteiger partial charge in [-0.3, -0.25) is 0 Å². The Balaban J connectivity index is 1.84. The van der Waals surface area contributed by atoms with Gasteiger partial charge in [0.05, 0.1) is 0 Å². The number of hydrogen-bond donors (Lipinski definition) is 3. The Labute approximate surface area is 100 Å². The Kier molecular flexibility index (Phi) is 4.10. The van der Waals surface area contributed by atoms with Crippen LogP contribution in [0.15, 0.2) is 30.6 Å². The second-order valence-corrected chi connectivity index (χ2v) is 3.77. The molecule has 0 aliphatic heterocycles. The van der Waals surface area contributed by atoms with Gasteiger partial charge in [-0.1, -0.05) is 0 Å². The molecule has 0 aliphatic carbocycles. The highest BCUT2D eigenvalue weighted by atomic mass is 15.0. The van der Waals surface area contributed by atoms with Crippen molar-refractivity contribution in [2.45, 2.75) is 12.8 Å². The van der Waals surface area contributed by atoms with Crippen LogP contribution < -0.4 is 11.1 Å². The lowest BCUT2D eigenvalue weighted by Gasteiger charge is -2.05. The number of H-pyrrole nitrogens is 1. The molecule has 2 aromatic rings. The molecule has 0 fully saturated rings. The van der Waals surface area contributed by atoms with E-state index in [9.17, 15) is 0 Å². The molecule has 2 aromatic heterocycles. The van der Waals surface area contributed by atoms with Crippen molar-refractivity contribution in [1.82, 2.24) is 15.0 Å². The highest BCUT2D eigenvalue weighted by molar-refractivity contribution is 5.33. The molecule has 17 heavy (non-hydrogen) atoms. The standard InChI is InChI=1S/C12H17N5/c13-6-3-11-16-9-5-12(17-11)15-8-4-10-2-1-7-14-10/h1-2,5,7,9,14H,3-4,6,8,13H2,(H,15,16,17). The molecule has 0 aromatic carbocycles. The van der Waals surface area contributed by atoms with E-state index in [4.69, 9.17) is 5.73 Å². The molecule has 0 radical (unpaired) electrons. The molecule has 5 heteroatoms. The average molecular weight is 231 g/mol. The van der Waals surface area contributed by atoms with E-state index in [2.05, 4.69) is 26.3 Å². The highest BCUT2D eigenvalue weighted by Gasteiger charge is 1.98. The van der Waals surface area contributed by atoms with Gasteiger partial charge in [-0.05, 0) is 24.7 Å². The zero-order valence-electron chi connectivity index (χ0n) is 9.69. The summed E-state index contributed by atoms with van der Waals surface area (Å²) in [6.07, 6.45) is 5.35. The normalized spacial score (nSPS) is 10.4. The molecule has 0 saturated carbocycles. The summed E-state index contributed by atoms with van der Waals surface area (Å²) in [5, 5.41) is 3.27. The SMILES string of the molecule is NCCc1nccc(NCCc2ccc[nH]2)n1. The first kappa shape index (κ1) is 11.6. The predicted octanol–water partition coefficient (Wildman–Crippen LogP) is 0.960. The van der Waals surface area contributed by atoms with Gasteiger partial charge in [0.1, 0.15) is 11.6 Å². The first-order valence-corrected chi connectivity index (χ1v) is 5.76. The molecule has 0 saturated heterocycles. The van der Waals surface area contributed by atoms with Gasteiger partial charge in [0.25, 0.3) is 0 Å². The zero-order chi connectivity index (χ0) is 11.9. The molecule has 5 nitrogen and oxygen atoms in total. The predicted molar refractivity (Wildman–Crippen MR) is 67.8 cm³/mol. The summed E-state index contributed by atoms with van der Waals surface area (Å²) in [5.74, 6) is 1.65. The van der Waals surface area contributed by atoms with Crippen LogP contribution in [0.3, 0.4) is 0 Å². The van der Waals surface area contributed by atoms with Gasteiger partial charge in [0.15, 0.2) is 0 Å². The van der Waals surface area contributed by atoms with Gasteiger partial charge < -0.3 is 16.0 Å². The van der Waals surface area contributed by atoms with Crippen molar-refractivity contribution in [2.24, 2.45) is 5.73 Å². The topological polar surface area (TPSA) is 79.6 Å². The lowest BCUT2D eigenvalue weighted by atomic mass is 10.3. The maximum Gasteiger partial charge on any atom is 0.131 e. The molecule has 0 spiro atoms. The van der Waals surface area contributed by atoms with Crippen molar-refractivity contribution < 1.29 is 0 Å². The quantitative estimate of drug-likeness (QED) is 0.692. The van der Waals surface area contributed by atoms with Gasteiger partial charge in [0, 0.05) is 37.5 Å². The molecule has 0 aliphatic rings. The van der Waals surface area contributed by atoms with E-state index in [1.165, 1.54) is 5.69 Å². The van der Waals surface area contributed by atoms with Crippen molar-refractivity contribution >= 4 is 5.82 Å². The summed E-state index contributed by atoms with van der Waals surface area (Å²) in [7, 11) is 0. The lowest BCUT2D eigenvalue weighted by molar-refractivity contribution is 0.863. The van der Waals surface area contributed by atoms with Crippen LogP contribution in [-0.4, -0.2) is 28.0 Å². The van der Waals surface area contributed by atoms with Gasteiger partial charge in [-0.2, -0.15) is 0 Å². The van der Waals surface area contributed by atoms with Crippen LogP contribution in [0.4, 0.5) is 5.82 Å². The van der Waals surface area contributed by atoms with E-state index < -0.39 is 0 Å². The minimum Gasteiger partial charge on any atom is -0.370 e. The Morgan fingerprint density at radius 1 is 1.29 bits per heavy atom. The summed E-state index contributed by atoms with van der Waals surface area (Å²) in [5.41, 5.74) is 6.69. The van der Waals surface area contributed by atoms with E-state index in [1.54, 1.807) is 6.20 Å². The van der Waals surface area contributed by atoms with Crippen LogP contribution in [0.5, 0.6) is 0 Å². The first-order valence-electron chi connectivity index (χ1n) is 5.76. The largest absolute Gasteiger partial charge is 0.370 e. The molecule has 2 rings (SSSR count). The molecule has 90 valence electrons. The number of nitrogens with one attached hydrogen (secondary N) is 2. The zero-order valence-corrected chi connectivity index (χ0v) is 9.69. The van der Waals surface area contributed by atoms with E-state index in [0.717, 1.165) is 24.6 Å². The maximum absolute atomic E-state index is 5.47. The third-order valence-corrected chi connectivity index (χ3v) is 2.44. The average Bonchev–Trinajstić information content (AvgIpc) is 2.83. The smallest absolute Gasteiger partial charge is 0.131 e. The van der Waals surface area contributed by atoms with Crippen LogP contribution in [-0.2, 0) is 12.8 Å². The molecule has 4 N–H and O–H groups in total. The lowest BCUT2D eigenvalue weighted by Crippen LogP contribution is -2.10. The molecule has 0 unspecified atom stereocenters. The minimum atomic E-state index is 0.575. The Bertz CT molecular complexity index is 438. The van der Waals surface area contributed by atoms with Crippen LogP contribution >= 0.6 is 0 Å². The summed E-state index contributed by atoms with van der Waals surface area (Å²) in [4.78, 5) is 11.7. The van der Waals surface area contributed by atoms with Crippen molar-refractivity contribution in [1.29, 1.82) is 0 Å². The molecule has 2 heterocycles. The molecule has 0 bridgehead atoms. The summed E-state index contributed by atoms with van der Waals surface area (Å²) in [6, 6.07) is 5.94. The summed E-state index contributed by atoms with van der Waals surface area (Å²) in [6.45, 7) is 1.42. The fraction of sp³-hybridized carbons (Fsp3) is 0.333. The van der Waals surface area contributed by atoms with Crippen molar-refractivity contribution in [2.75, 3.05) is 18.4 Å². The molecular weight excluding hydrogens is 214 g/mol. The van der Waals surface area contributed by atoms with Crippen LogP contribution in [0, 0.1) is 0 Å². The number of nitrogens with zero attached hydrogens (tertiary/aromatic N) is 2. The van der Waals surface area contributed by atoms with Crippen molar-refractivity contribution in [3.63, 3.8) is 0 Å². The van der Waals surface area contributed by atoms with Gasteiger partial charge >= 0.3 is 0 Å². The van der Waals surface area contributed by atoms with E-state index >= 15 is 0 Å². The van der Waals surface area contributed by atoms with Crippen molar-refractivity contribution in [3.05, 3.63) is 42.1 Å². The maximum atomic E-state index is 5.47. The molecular formula is C12H17N5. The highest BCUT2D eigenvalue weighted by Crippen LogP contribution is 2.03. The van der Waals surface area contributed by atoms with E-state index in [0.29, 0.717) is 13.0 Å². The fourth-order valence-electron chi connectivity index (χ4n) is 1.60. The van der Waals surface area contributed by atoms with Gasteiger partial charge in [-0.15, -0.1) is 0 Å². The number of nitrogens with two attached hydrogens (primary N) is 1. The van der Waals surface area contributed by atoms with E-state index in [1.807, 2.05) is 18.3 Å². The van der Waals surface area contributed by atoms with Crippen LogP contribution in [0.25, 0.3) is 0 Å². The monoisotopic (exact) mass is 231 g/mol. The second-order valence-electron chi connectivity index (χ2n) is 3.77. The van der Waals surface area contributed by atoms with Crippen LogP contribution in [0.1, 0.15) is 11.5 Å². The Morgan fingerprint density at radius 3 is 3.00 bits per heavy atom. The summed E-state index contributed by atoms with van der Waals surface area (Å²) >= 11 is 0. The summed E-state index contributed by atoms with van der Waals surface area (Å²) < 4.78 is 0. The van der Waals surface area contributed by atoms with Crippen molar-refractivity contribution in [3.8, 4) is 0 Å². The Morgan fingerprint density at radius 2 is 2.24 bits per heavy atom. The number of aromatic nitrogens is 3. The third kappa shape index (κ3) is 3.57. The van der Waals surface area contributed by atoms with Crippen LogP contribution in [0.2, 0.25) is 0 Å². The van der Waals surface area contributed by atoms with Gasteiger partial charge in [-0.25, -0.2) is 9.97 Å². The number of rotatable bonds is 6. The fourth-order valence-corrected chi connectivity index (χ4v) is 1.60. The molecule has 0 amide bonds. The van der Waals surface area contributed by atoms with Gasteiger partial charge in [0.2, 0.25) is 0 Å². The number of anilines is 1. The third-order valence-electron chi connectivity index (χ3n) is 2.44. The molecule has 0 atom stereocenters. The minimum absolute atomic E-state index is 0.575. The second kappa shape index (κ2) is 6.00. The first-order chi connectivity index (χ1) is 8.38. The van der Waals surface area contributed by atoms with E-state index in [-0.39, 0.29) is 0 Å². The Hall–Kier alpha value is -1.88.